The number of carbonyl (C=O) groups excluding carboxylic acids is 2. The third-order valence-electron chi connectivity index (χ3n) is 3.67. The van der Waals surface area contributed by atoms with Crippen molar-refractivity contribution in [2.24, 2.45) is 7.05 Å². The van der Waals surface area contributed by atoms with Gasteiger partial charge in [0.25, 0.3) is 0 Å². The molecular weight excluding hydrogens is 312 g/mol. The minimum absolute atomic E-state index is 0.0281. The predicted octanol–water partition coefficient (Wildman–Crippen LogP) is 2.63. The van der Waals surface area contributed by atoms with E-state index in [4.69, 9.17) is 0 Å². The molecule has 0 aliphatic heterocycles. The molecule has 6 nitrogen and oxygen atoms in total. The number of amides is 1. The van der Waals surface area contributed by atoms with Crippen LogP contribution in [0.4, 0.5) is 5.69 Å². The van der Waals surface area contributed by atoms with Gasteiger partial charge in [0.05, 0.1) is 5.75 Å². The maximum Gasteiger partial charge on any atom is 0.221 e. The number of anilines is 1. The van der Waals surface area contributed by atoms with Crippen LogP contribution in [-0.4, -0.2) is 32.2 Å². The number of rotatable bonds is 6. The molecule has 0 saturated heterocycles. The average molecular weight is 330 g/mol. The van der Waals surface area contributed by atoms with Crippen LogP contribution in [-0.2, 0) is 11.8 Å². The summed E-state index contributed by atoms with van der Waals surface area (Å²) in [6, 6.07) is 6.90. The van der Waals surface area contributed by atoms with E-state index in [1.807, 2.05) is 11.6 Å². The van der Waals surface area contributed by atoms with E-state index >= 15 is 0 Å². The summed E-state index contributed by atoms with van der Waals surface area (Å²) in [5, 5.41) is 11.8. The molecule has 1 fully saturated rings. The number of carbonyl (C=O) groups is 2. The third-order valence-corrected chi connectivity index (χ3v) is 4.69. The first-order valence-corrected chi connectivity index (χ1v) is 8.46. The van der Waals surface area contributed by atoms with Gasteiger partial charge in [-0.25, -0.2) is 0 Å². The first-order chi connectivity index (χ1) is 11.0. The van der Waals surface area contributed by atoms with E-state index in [2.05, 4.69) is 15.5 Å². The fourth-order valence-electron chi connectivity index (χ4n) is 2.31. The van der Waals surface area contributed by atoms with Gasteiger partial charge in [0.2, 0.25) is 5.91 Å². The zero-order valence-corrected chi connectivity index (χ0v) is 13.9. The Hall–Kier alpha value is -2.15. The Balaban J connectivity index is 1.59. The lowest BCUT2D eigenvalue weighted by atomic mass is 10.1. The maximum atomic E-state index is 12.3. The van der Waals surface area contributed by atoms with Gasteiger partial charge in [0, 0.05) is 31.1 Å². The van der Waals surface area contributed by atoms with Crippen LogP contribution in [0.25, 0.3) is 0 Å². The predicted molar refractivity (Wildman–Crippen MR) is 88.8 cm³/mol. The van der Waals surface area contributed by atoms with E-state index in [-0.39, 0.29) is 11.7 Å². The SMILES string of the molecule is CC(=O)Nc1ccc(C(=O)CSc2nnc(C3CC3)n2C)cc1. The lowest BCUT2D eigenvalue weighted by molar-refractivity contribution is -0.114. The summed E-state index contributed by atoms with van der Waals surface area (Å²) >= 11 is 1.40. The molecule has 1 amide bonds. The highest BCUT2D eigenvalue weighted by molar-refractivity contribution is 7.99. The van der Waals surface area contributed by atoms with E-state index in [0.717, 1.165) is 11.0 Å². The highest BCUT2D eigenvalue weighted by Crippen LogP contribution is 2.39. The summed E-state index contributed by atoms with van der Waals surface area (Å²) in [5.41, 5.74) is 1.31. The van der Waals surface area contributed by atoms with Gasteiger partial charge < -0.3 is 9.88 Å². The van der Waals surface area contributed by atoms with Crippen LogP contribution in [0, 0.1) is 0 Å². The van der Waals surface area contributed by atoms with Crippen molar-refractivity contribution in [3.63, 3.8) is 0 Å². The van der Waals surface area contributed by atoms with Gasteiger partial charge in [-0.05, 0) is 37.1 Å². The standard InChI is InChI=1S/C16H18N4O2S/c1-10(21)17-13-7-5-11(6-8-13)14(22)9-23-16-19-18-15(20(16)2)12-3-4-12/h5-8,12H,3-4,9H2,1-2H3,(H,17,21). The Morgan fingerprint density at radius 2 is 1.96 bits per heavy atom. The number of hydrogen-bond donors (Lipinski definition) is 1. The number of benzene rings is 1. The van der Waals surface area contributed by atoms with Crippen molar-refractivity contribution in [3.8, 4) is 0 Å². The summed E-state index contributed by atoms with van der Waals surface area (Å²) in [6.45, 7) is 1.45. The summed E-state index contributed by atoms with van der Waals surface area (Å²) < 4.78 is 1.98. The van der Waals surface area contributed by atoms with Crippen LogP contribution >= 0.6 is 11.8 Å². The van der Waals surface area contributed by atoms with Gasteiger partial charge in [-0.1, -0.05) is 11.8 Å². The van der Waals surface area contributed by atoms with Gasteiger partial charge in [-0.2, -0.15) is 0 Å². The van der Waals surface area contributed by atoms with Crippen LogP contribution in [0.15, 0.2) is 29.4 Å². The lowest BCUT2D eigenvalue weighted by Crippen LogP contribution is -2.07. The third kappa shape index (κ3) is 3.79. The zero-order chi connectivity index (χ0) is 16.4. The zero-order valence-electron chi connectivity index (χ0n) is 13.1. The quantitative estimate of drug-likeness (QED) is 0.651. The van der Waals surface area contributed by atoms with Gasteiger partial charge in [0.15, 0.2) is 10.9 Å². The molecule has 23 heavy (non-hydrogen) atoms. The highest BCUT2D eigenvalue weighted by atomic mass is 32.2. The van der Waals surface area contributed by atoms with E-state index in [9.17, 15) is 9.59 Å². The molecule has 0 unspecified atom stereocenters. The van der Waals surface area contributed by atoms with Gasteiger partial charge in [-0.3, -0.25) is 9.59 Å². The summed E-state index contributed by atoms with van der Waals surface area (Å²) in [5.74, 6) is 1.77. The molecule has 1 aliphatic carbocycles. The first kappa shape index (κ1) is 15.7. The molecule has 1 aliphatic rings. The molecule has 0 bridgehead atoms. The van der Waals surface area contributed by atoms with E-state index < -0.39 is 0 Å². The molecule has 0 atom stereocenters. The van der Waals surface area contributed by atoms with E-state index in [1.54, 1.807) is 24.3 Å². The van der Waals surface area contributed by atoms with Crippen molar-refractivity contribution in [2.45, 2.75) is 30.8 Å². The van der Waals surface area contributed by atoms with Gasteiger partial charge in [0.1, 0.15) is 5.82 Å². The average Bonchev–Trinajstić information content (AvgIpc) is 3.29. The highest BCUT2D eigenvalue weighted by Gasteiger charge is 2.29. The second-order valence-corrected chi connectivity index (χ2v) is 6.59. The minimum atomic E-state index is -0.131. The van der Waals surface area contributed by atoms with Crippen LogP contribution in [0.2, 0.25) is 0 Å². The topological polar surface area (TPSA) is 76.9 Å². The molecule has 1 saturated carbocycles. The fraction of sp³-hybridized carbons (Fsp3) is 0.375. The van der Waals surface area contributed by atoms with Crippen LogP contribution in [0.1, 0.15) is 41.9 Å². The Morgan fingerprint density at radius 1 is 1.26 bits per heavy atom. The number of Topliss-reactive ketones (excluding diaryl/α,β-unsaturated/α-hetero) is 1. The molecule has 1 aromatic heterocycles. The van der Waals surface area contributed by atoms with E-state index in [1.165, 1.54) is 31.5 Å². The number of aromatic nitrogens is 3. The molecule has 2 aromatic rings. The summed E-state index contributed by atoms with van der Waals surface area (Å²) in [7, 11) is 1.95. The molecule has 1 aromatic carbocycles. The Kier molecular flexibility index (Phi) is 4.47. The van der Waals surface area contributed by atoms with Crippen LogP contribution in [0.5, 0.6) is 0 Å². The first-order valence-electron chi connectivity index (χ1n) is 7.47. The Labute approximate surface area is 138 Å². The number of nitrogens with one attached hydrogen (secondary N) is 1. The number of ketones is 1. The van der Waals surface area contributed by atoms with Crippen LogP contribution < -0.4 is 5.32 Å². The van der Waals surface area contributed by atoms with Crippen molar-refractivity contribution in [3.05, 3.63) is 35.7 Å². The van der Waals surface area contributed by atoms with Crippen molar-refractivity contribution in [1.82, 2.24) is 14.8 Å². The Bertz CT molecular complexity index is 735. The molecule has 1 N–H and O–H groups in total. The minimum Gasteiger partial charge on any atom is -0.326 e. The van der Waals surface area contributed by atoms with Crippen molar-refractivity contribution < 1.29 is 9.59 Å². The second-order valence-electron chi connectivity index (χ2n) is 5.64. The smallest absolute Gasteiger partial charge is 0.221 e. The van der Waals surface area contributed by atoms with Crippen molar-refractivity contribution in [2.75, 3.05) is 11.1 Å². The molecule has 1 heterocycles. The van der Waals surface area contributed by atoms with Gasteiger partial charge >= 0.3 is 0 Å². The summed E-state index contributed by atoms with van der Waals surface area (Å²) in [4.78, 5) is 23.2. The molecule has 0 radical (unpaired) electrons. The van der Waals surface area contributed by atoms with Crippen molar-refractivity contribution >= 4 is 29.1 Å². The molecule has 3 rings (SSSR count). The largest absolute Gasteiger partial charge is 0.326 e. The molecular formula is C16H18N4O2S. The molecule has 120 valence electrons. The number of hydrogen-bond acceptors (Lipinski definition) is 5. The molecule has 0 spiro atoms. The normalized spacial score (nSPS) is 13.8. The van der Waals surface area contributed by atoms with Crippen LogP contribution in [0.3, 0.4) is 0 Å². The second kappa shape index (κ2) is 6.54. The van der Waals surface area contributed by atoms with Gasteiger partial charge in [-0.15, -0.1) is 10.2 Å². The Morgan fingerprint density at radius 3 is 2.57 bits per heavy atom. The maximum absolute atomic E-state index is 12.3. The number of nitrogens with zero attached hydrogens (tertiary/aromatic N) is 3. The monoisotopic (exact) mass is 330 g/mol. The lowest BCUT2D eigenvalue weighted by Gasteiger charge is -2.05. The molecule has 7 heteroatoms. The summed E-state index contributed by atoms with van der Waals surface area (Å²) in [6.07, 6.45) is 2.35. The fourth-order valence-corrected chi connectivity index (χ4v) is 3.12. The van der Waals surface area contributed by atoms with E-state index in [0.29, 0.717) is 22.9 Å². The number of thioether (sulfide) groups is 1. The van der Waals surface area contributed by atoms with Crippen molar-refractivity contribution in [1.29, 1.82) is 0 Å².